The van der Waals surface area contributed by atoms with E-state index in [1.807, 2.05) is 6.92 Å². The summed E-state index contributed by atoms with van der Waals surface area (Å²) in [5.41, 5.74) is 12.8. The summed E-state index contributed by atoms with van der Waals surface area (Å²) in [4.78, 5) is 11.1. The highest BCUT2D eigenvalue weighted by molar-refractivity contribution is 5.77. The standard InChI is InChI=1S/C15H25N7O4/c1-2-3-7(16)14(25)21-9-11(24)8(4-23)26-15(9)22-6-20-10-12(17)18-5-19-13(10)22/h5-9,11,14-15,21,23-25H,2-4,16H2,1H3,(H2,17,18,19)/p+1/t7?,8-,9?,11+,14?,15-/m1/s1. The number of imidazole rings is 1. The van der Waals surface area contributed by atoms with Crippen molar-refractivity contribution in [3.8, 4) is 0 Å². The second kappa shape index (κ2) is 7.78. The lowest BCUT2D eigenvalue weighted by molar-refractivity contribution is -0.741. The van der Waals surface area contributed by atoms with Crippen LogP contribution in [0, 0.1) is 0 Å². The van der Waals surface area contributed by atoms with Crippen molar-refractivity contribution >= 4 is 17.0 Å². The fourth-order valence-electron chi connectivity index (χ4n) is 3.24. The molecule has 9 N–H and O–H groups in total. The van der Waals surface area contributed by atoms with Crippen LogP contribution in [0.3, 0.4) is 0 Å². The van der Waals surface area contributed by atoms with Crippen LogP contribution in [0.25, 0.3) is 11.2 Å². The van der Waals surface area contributed by atoms with Crippen LogP contribution in [0.5, 0.6) is 0 Å². The first-order valence-corrected chi connectivity index (χ1v) is 8.60. The van der Waals surface area contributed by atoms with Crippen molar-refractivity contribution in [3.63, 3.8) is 0 Å². The van der Waals surface area contributed by atoms with E-state index in [0.717, 1.165) is 6.42 Å². The van der Waals surface area contributed by atoms with E-state index in [1.54, 1.807) is 10.9 Å². The molecule has 6 atom stereocenters. The first kappa shape index (κ1) is 18.9. The SMILES string of the molecule is CCCC(N)C(O)NC1[C@@H](O)[C@@H](CO)O[C@H]1[n+]1c[nH]c2c(N)ncnc21. The third-order valence-electron chi connectivity index (χ3n) is 4.66. The van der Waals surface area contributed by atoms with Gasteiger partial charge in [-0.05, 0) is 6.42 Å². The summed E-state index contributed by atoms with van der Waals surface area (Å²) < 4.78 is 7.44. The second-order valence-corrected chi connectivity index (χ2v) is 6.47. The average molecular weight is 368 g/mol. The molecule has 1 fully saturated rings. The first-order valence-electron chi connectivity index (χ1n) is 8.60. The topological polar surface area (TPSA) is 179 Å². The number of nitrogens with one attached hydrogen (secondary N) is 2. The van der Waals surface area contributed by atoms with Crippen LogP contribution in [0.1, 0.15) is 26.0 Å². The predicted molar refractivity (Wildman–Crippen MR) is 91.3 cm³/mol. The van der Waals surface area contributed by atoms with Crippen molar-refractivity contribution in [2.75, 3.05) is 12.3 Å². The highest BCUT2D eigenvalue weighted by Gasteiger charge is 2.48. The third-order valence-corrected chi connectivity index (χ3v) is 4.66. The Morgan fingerprint density at radius 1 is 1.46 bits per heavy atom. The molecule has 1 saturated heterocycles. The molecule has 0 amide bonds. The van der Waals surface area contributed by atoms with Gasteiger partial charge in [0.2, 0.25) is 11.7 Å². The van der Waals surface area contributed by atoms with Crippen molar-refractivity contribution < 1.29 is 24.6 Å². The minimum absolute atomic E-state index is 0.278. The number of nitrogens with two attached hydrogens (primary N) is 2. The van der Waals surface area contributed by atoms with Crippen molar-refractivity contribution in [1.29, 1.82) is 0 Å². The Morgan fingerprint density at radius 2 is 2.23 bits per heavy atom. The molecule has 1 aliphatic heterocycles. The van der Waals surface area contributed by atoms with E-state index in [0.29, 0.717) is 17.6 Å². The van der Waals surface area contributed by atoms with Crippen LogP contribution >= 0.6 is 0 Å². The molecule has 2 aromatic heterocycles. The van der Waals surface area contributed by atoms with Gasteiger partial charge in [0.15, 0.2) is 18.5 Å². The number of aromatic nitrogens is 4. The van der Waals surface area contributed by atoms with Gasteiger partial charge in [-0.15, -0.1) is 0 Å². The summed E-state index contributed by atoms with van der Waals surface area (Å²) in [6.45, 7) is 1.60. The van der Waals surface area contributed by atoms with Crippen molar-refractivity contribution in [2.45, 2.75) is 56.5 Å². The third kappa shape index (κ3) is 3.37. The average Bonchev–Trinajstić information content (AvgIpc) is 3.18. The fraction of sp³-hybridized carbons (Fsp3) is 0.667. The van der Waals surface area contributed by atoms with Crippen LogP contribution in [-0.2, 0) is 4.74 Å². The highest BCUT2D eigenvalue weighted by Crippen LogP contribution is 2.27. The van der Waals surface area contributed by atoms with E-state index in [4.69, 9.17) is 16.2 Å². The van der Waals surface area contributed by atoms with Gasteiger partial charge in [0.1, 0.15) is 18.4 Å². The number of hydrogen-bond donors (Lipinski definition) is 7. The molecule has 11 nitrogen and oxygen atoms in total. The molecule has 0 spiro atoms. The van der Waals surface area contributed by atoms with E-state index >= 15 is 0 Å². The van der Waals surface area contributed by atoms with Crippen molar-refractivity contribution in [1.82, 2.24) is 20.3 Å². The number of aromatic amines is 1. The molecule has 0 saturated carbocycles. The van der Waals surface area contributed by atoms with Gasteiger partial charge < -0.3 is 31.5 Å². The lowest BCUT2D eigenvalue weighted by Crippen LogP contribution is -2.58. The Balaban J connectivity index is 1.91. The van der Waals surface area contributed by atoms with Gasteiger partial charge >= 0.3 is 5.65 Å². The van der Waals surface area contributed by atoms with Gasteiger partial charge in [-0.2, -0.15) is 4.98 Å². The van der Waals surface area contributed by atoms with Crippen LogP contribution in [0.4, 0.5) is 5.82 Å². The van der Waals surface area contributed by atoms with E-state index in [9.17, 15) is 15.3 Å². The number of anilines is 1. The van der Waals surface area contributed by atoms with Gasteiger partial charge in [0.05, 0.1) is 12.6 Å². The number of hydrogen-bond acceptors (Lipinski definition) is 9. The normalized spacial score (nSPS) is 28.5. The minimum atomic E-state index is -1.05. The zero-order chi connectivity index (χ0) is 18.8. The van der Waals surface area contributed by atoms with Crippen LogP contribution in [-0.4, -0.2) is 67.4 Å². The molecule has 2 aromatic rings. The summed E-state index contributed by atoms with van der Waals surface area (Å²) in [6, 6.07) is -1.21. The largest absolute Gasteiger partial charge is 0.394 e. The van der Waals surface area contributed by atoms with Crippen LogP contribution in [0.2, 0.25) is 0 Å². The monoisotopic (exact) mass is 368 g/mol. The molecule has 3 heterocycles. The highest BCUT2D eigenvalue weighted by atomic mass is 16.5. The molecule has 0 aromatic carbocycles. The number of ether oxygens (including phenoxy) is 1. The number of rotatable bonds is 7. The van der Waals surface area contributed by atoms with Gasteiger partial charge in [-0.1, -0.05) is 18.3 Å². The molecule has 3 unspecified atom stereocenters. The van der Waals surface area contributed by atoms with Crippen molar-refractivity contribution in [2.24, 2.45) is 5.73 Å². The number of aliphatic hydroxyl groups excluding tert-OH is 3. The zero-order valence-corrected chi connectivity index (χ0v) is 14.5. The second-order valence-electron chi connectivity index (χ2n) is 6.47. The lowest BCUT2D eigenvalue weighted by atomic mass is 10.1. The molecule has 3 rings (SSSR count). The maximum absolute atomic E-state index is 10.5. The predicted octanol–water partition coefficient (Wildman–Crippen LogP) is -2.52. The number of fused-ring (bicyclic) bond motifs is 1. The molecule has 0 radical (unpaired) electrons. The van der Waals surface area contributed by atoms with E-state index < -0.39 is 36.7 Å². The maximum Gasteiger partial charge on any atom is 0.309 e. The number of aliphatic hydroxyl groups is 3. The molecule has 0 bridgehead atoms. The summed E-state index contributed by atoms with van der Waals surface area (Å²) in [5, 5.41) is 33.3. The Labute approximate surface area is 150 Å². The van der Waals surface area contributed by atoms with Gasteiger partial charge in [-0.3, -0.25) is 10.3 Å². The van der Waals surface area contributed by atoms with Gasteiger partial charge in [-0.25, -0.2) is 4.57 Å². The minimum Gasteiger partial charge on any atom is -0.394 e. The van der Waals surface area contributed by atoms with Crippen LogP contribution < -0.4 is 21.4 Å². The summed E-state index contributed by atoms with van der Waals surface area (Å²) in [7, 11) is 0. The molecule has 0 aliphatic carbocycles. The Hall–Kier alpha value is -1.89. The number of nitrogen functional groups attached to an aromatic ring is 1. The molecule has 144 valence electrons. The Morgan fingerprint density at radius 3 is 2.92 bits per heavy atom. The Bertz CT molecular complexity index is 742. The molecule has 11 heteroatoms. The Kier molecular flexibility index (Phi) is 5.65. The van der Waals surface area contributed by atoms with Gasteiger partial charge in [0, 0.05) is 6.04 Å². The first-order chi connectivity index (χ1) is 12.5. The van der Waals surface area contributed by atoms with Crippen LogP contribution in [0.15, 0.2) is 12.7 Å². The van der Waals surface area contributed by atoms with Crippen molar-refractivity contribution in [3.05, 3.63) is 12.7 Å². The summed E-state index contributed by atoms with van der Waals surface area (Å²) >= 11 is 0. The number of nitrogens with zero attached hydrogens (tertiary/aromatic N) is 3. The summed E-state index contributed by atoms with van der Waals surface area (Å²) in [5.74, 6) is 0.278. The van der Waals surface area contributed by atoms with E-state index in [-0.39, 0.29) is 12.4 Å². The smallest absolute Gasteiger partial charge is 0.309 e. The molecule has 1 aliphatic rings. The fourth-order valence-corrected chi connectivity index (χ4v) is 3.24. The van der Waals surface area contributed by atoms with E-state index in [1.165, 1.54) is 6.33 Å². The zero-order valence-electron chi connectivity index (χ0n) is 14.5. The van der Waals surface area contributed by atoms with E-state index in [2.05, 4.69) is 20.3 Å². The molecular weight excluding hydrogens is 342 g/mol. The molecule has 26 heavy (non-hydrogen) atoms. The lowest BCUT2D eigenvalue weighted by Gasteiger charge is -2.27. The molecular formula is C15H26N7O4+. The summed E-state index contributed by atoms with van der Waals surface area (Å²) in [6.07, 6.45) is 0.715. The van der Waals surface area contributed by atoms with Gasteiger partial charge in [0.25, 0.3) is 0 Å². The number of H-pyrrole nitrogens is 1. The maximum atomic E-state index is 10.5. The quantitative estimate of drug-likeness (QED) is 0.205.